The Morgan fingerprint density at radius 2 is 1.95 bits per heavy atom. The number of rotatable bonds is 5. The van der Waals surface area contributed by atoms with Gasteiger partial charge in [-0.25, -0.2) is 0 Å². The molecule has 2 atom stereocenters. The standard InChI is InChI=1S/C15H22Cl2N2/c1-3-5-19-6-4-11(10-18-2)15(19)12-7-13(16)9-14(17)8-12/h7-9,11,15,18H,3-6,10H2,1-2H3. The molecule has 106 valence electrons. The zero-order valence-electron chi connectivity index (χ0n) is 11.6. The first-order chi connectivity index (χ1) is 9.15. The third-order valence-electron chi connectivity index (χ3n) is 3.83. The van der Waals surface area contributed by atoms with Crippen LogP contribution in [0.3, 0.4) is 0 Å². The van der Waals surface area contributed by atoms with Gasteiger partial charge in [0.25, 0.3) is 0 Å². The van der Waals surface area contributed by atoms with E-state index in [9.17, 15) is 0 Å². The summed E-state index contributed by atoms with van der Waals surface area (Å²) < 4.78 is 0. The van der Waals surface area contributed by atoms with Crippen molar-refractivity contribution in [1.82, 2.24) is 10.2 Å². The number of likely N-dealkylation sites (tertiary alicyclic amines) is 1. The lowest BCUT2D eigenvalue weighted by molar-refractivity contribution is 0.227. The van der Waals surface area contributed by atoms with Gasteiger partial charge in [0.2, 0.25) is 0 Å². The highest BCUT2D eigenvalue weighted by Gasteiger charge is 2.34. The van der Waals surface area contributed by atoms with Crippen LogP contribution in [0.15, 0.2) is 18.2 Å². The average molecular weight is 301 g/mol. The molecule has 0 radical (unpaired) electrons. The van der Waals surface area contributed by atoms with Crippen molar-refractivity contribution in [2.75, 3.05) is 26.7 Å². The van der Waals surface area contributed by atoms with Gasteiger partial charge in [0.1, 0.15) is 0 Å². The van der Waals surface area contributed by atoms with Crippen LogP contribution in [-0.4, -0.2) is 31.6 Å². The Bertz CT molecular complexity index is 388. The zero-order chi connectivity index (χ0) is 13.8. The highest BCUT2D eigenvalue weighted by molar-refractivity contribution is 6.34. The third kappa shape index (κ3) is 3.63. The van der Waals surface area contributed by atoms with E-state index in [-0.39, 0.29) is 0 Å². The molecule has 1 saturated heterocycles. The van der Waals surface area contributed by atoms with Crippen molar-refractivity contribution in [3.63, 3.8) is 0 Å². The van der Waals surface area contributed by atoms with E-state index in [1.165, 1.54) is 18.4 Å². The van der Waals surface area contributed by atoms with Crippen LogP contribution < -0.4 is 5.32 Å². The maximum Gasteiger partial charge on any atom is 0.0424 e. The molecule has 0 bridgehead atoms. The minimum absolute atomic E-state index is 0.434. The highest BCUT2D eigenvalue weighted by Crippen LogP contribution is 2.38. The quantitative estimate of drug-likeness (QED) is 0.885. The van der Waals surface area contributed by atoms with Crippen molar-refractivity contribution in [3.05, 3.63) is 33.8 Å². The molecule has 0 aromatic heterocycles. The minimum atomic E-state index is 0.434. The molecule has 1 aliphatic rings. The Morgan fingerprint density at radius 1 is 1.26 bits per heavy atom. The number of hydrogen-bond donors (Lipinski definition) is 1. The number of hydrogen-bond acceptors (Lipinski definition) is 2. The second-order valence-corrected chi connectivity index (χ2v) is 6.16. The lowest BCUT2D eigenvalue weighted by Gasteiger charge is -2.28. The topological polar surface area (TPSA) is 15.3 Å². The van der Waals surface area contributed by atoms with Crippen LogP contribution >= 0.6 is 23.2 Å². The lowest BCUT2D eigenvalue weighted by Crippen LogP contribution is -2.29. The molecule has 1 heterocycles. The number of benzene rings is 1. The van der Waals surface area contributed by atoms with Crippen molar-refractivity contribution < 1.29 is 0 Å². The summed E-state index contributed by atoms with van der Waals surface area (Å²) in [5.74, 6) is 0.631. The average Bonchev–Trinajstić information content (AvgIpc) is 2.72. The van der Waals surface area contributed by atoms with E-state index in [1.807, 2.05) is 7.05 Å². The molecule has 4 heteroatoms. The van der Waals surface area contributed by atoms with Crippen LogP contribution in [0.25, 0.3) is 0 Å². The van der Waals surface area contributed by atoms with Crippen LogP contribution in [0.1, 0.15) is 31.4 Å². The van der Waals surface area contributed by atoms with Crippen LogP contribution in [0.5, 0.6) is 0 Å². The maximum absolute atomic E-state index is 6.16. The molecular formula is C15H22Cl2N2. The Labute approximate surface area is 126 Å². The maximum atomic E-state index is 6.16. The Hall–Kier alpha value is -0.280. The molecule has 0 saturated carbocycles. The van der Waals surface area contributed by atoms with Gasteiger partial charge in [-0.15, -0.1) is 0 Å². The van der Waals surface area contributed by atoms with E-state index < -0.39 is 0 Å². The molecule has 1 aliphatic heterocycles. The Morgan fingerprint density at radius 3 is 2.53 bits per heavy atom. The van der Waals surface area contributed by atoms with Crippen LogP contribution in [0, 0.1) is 5.92 Å². The highest BCUT2D eigenvalue weighted by atomic mass is 35.5. The summed E-state index contributed by atoms with van der Waals surface area (Å²) in [6, 6.07) is 6.37. The third-order valence-corrected chi connectivity index (χ3v) is 4.27. The summed E-state index contributed by atoms with van der Waals surface area (Å²) in [6.07, 6.45) is 2.41. The largest absolute Gasteiger partial charge is 0.319 e. The normalized spacial score (nSPS) is 24.0. The fourth-order valence-corrected chi connectivity index (χ4v) is 3.71. The van der Waals surface area contributed by atoms with Gasteiger partial charge in [-0.3, -0.25) is 4.90 Å². The monoisotopic (exact) mass is 300 g/mol. The SMILES string of the molecule is CCCN1CCC(CNC)C1c1cc(Cl)cc(Cl)c1. The number of nitrogens with zero attached hydrogens (tertiary/aromatic N) is 1. The molecule has 1 aromatic rings. The fourth-order valence-electron chi connectivity index (χ4n) is 3.17. The zero-order valence-corrected chi connectivity index (χ0v) is 13.1. The smallest absolute Gasteiger partial charge is 0.0424 e. The van der Waals surface area contributed by atoms with E-state index in [1.54, 1.807) is 6.07 Å². The molecule has 1 fully saturated rings. The molecule has 1 N–H and O–H groups in total. The molecule has 2 unspecified atom stereocenters. The molecule has 19 heavy (non-hydrogen) atoms. The first kappa shape index (κ1) is 15.1. The second-order valence-electron chi connectivity index (χ2n) is 5.29. The molecule has 0 amide bonds. The van der Waals surface area contributed by atoms with Gasteiger partial charge in [0, 0.05) is 16.1 Å². The van der Waals surface area contributed by atoms with E-state index in [0.29, 0.717) is 12.0 Å². The van der Waals surface area contributed by atoms with Gasteiger partial charge in [0.05, 0.1) is 0 Å². The van der Waals surface area contributed by atoms with Gasteiger partial charge in [0.15, 0.2) is 0 Å². The van der Waals surface area contributed by atoms with Gasteiger partial charge in [-0.1, -0.05) is 30.1 Å². The summed E-state index contributed by atoms with van der Waals surface area (Å²) >= 11 is 12.3. The second kappa shape index (κ2) is 6.94. The summed E-state index contributed by atoms with van der Waals surface area (Å²) in [5, 5.41) is 4.77. The van der Waals surface area contributed by atoms with E-state index in [2.05, 4.69) is 29.3 Å². The molecule has 0 spiro atoms. The van der Waals surface area contributed by atoms with E-state index in [4.69, 9.17) is 23.2 Å². The first-order valence-electron chi connectivity index (χ1n) is 7.00. The summed E-state index contributed by atoms with van der Waals surface area (Å²) in [7, 11) is 2.02. The Balaban J connectivity index is 2.28. The molecule has 0 aliphatic carbocycles. The van der Waals surface area contributed by atoms with Crippen LogP contribution in [-0.2, 0) is 0 Å². The Kier molecular flexibility index (Phi) is 5.52. The molecule has 2 nitrogen and oxygen atoms in total. The van der Waals surface area contributed by atoms with E-state index >= 15 is 0 Å². The number of halogens is 2. The predicted molar refractivity (Wildman–Crippen MR) is 83.1 cm³/mol. The van der Waals surface area contributed by atoms with Crippen LogP contribution in [0.4, 0.5) is 0 Å². The van der Waals surface area contributed by atoms with Crippen LogP contribution in [0.2, 0.25) is 10.0 Å². The van der Waals surface area contributed by atoms with Crippen molar-refractivity contribution in [3.8, 4) is 0 Å². The molecule has 1 aromatic carbocycles. The van der Waals surface area contributed by atoms with Gasteiger partial charge < -0.3 is 5.32 Å². The predicted octanol–water partition coefficient (Wildman–Crippen LogP) is 3.99. The van der Waals surface area contributed by atoms with Crippen molar-refractivity contribution >= 4 is 23.2 Å². The summed E-state index contributed by atoms with van der Waals surface area (Å²) in [5.41, 5.74) is 1.25. The summed E-state index contributed by atoms with van der Waals surface area (Å²) in [6.45, 7) is 5.56. The van der Waals surface area contributed by atoms with Crippen molar-refractivity contribution in [1.29, 1.82) is 0 Å². The van der Waals surface area contributed by atoms with Crippen molar-refractivity contribution in [2.24, 2.45) is 5.92 Å². The minimum Gasteiger partial charge on any atom is -0.319 e. The van der Waals surface area contributed by atoms with Gasteiger partial charge >= 0.3 is 0 Å². The van der Waals surface area contributed by atoms with Gasteiger partial charge in [-0.2, -0.15) is 0 Å². The van der Waals surface area contributed by atoms with Crippen molar-refractivity contribution in [2.45, 2.75) is 25.8 Å². The summed E-state index contributed by atoms with van der Waals surface area (Å²) in [4.78, 5) is 2.56. The van der Waals surface area contributed by atoms with E-state index in [0.717, 1.165) is 29.7 Å². The lowest BCUT2D eigenvalue weighted by atomic mass is 9.93. The molecular weight excluding hydrogens is 279 g/mol. The first-order valence-corrected chi connectivity index (χ1v) is 7.76. The number of nitrogens with one attached hydrogen (secondary N) is 1. The van der Waals surface area contributed by atoms with Gasteiger partial charge in [-0.05, 0) is 69.2 Å². The fraction of sp³-hybridized carbons (Fsp3) is 0.600. The molecule has 2 rings (SSSR count).